The number of carbonyl (C=O) groups excluding carboxylic acids is 1. The van der Waals surface area contributed by atoms with Gasteiger partial charge in [0.2, 0.25) is 10.0 Å². The van der Waals surface area contributed by atoms with Crippen LogP contribution in [0.1, 0.15) is 11.1 Å². The van der Waals surface area contributed by atoms with Crippen LogP contribution in [0.4, 0.5) is 23.7 Å². The molecule has 10 nitrogen and oxygen atoms in total. The van der Waals surface area contributed by atoms with Gasteiger partial charge in [-0.05, 0) is 17.7 Å². The molecule has 0 unspecified atom stereocenters. The minimum absolute atomic E-state index is 0.0718. The van der Waals surface area contributed by atoms with Crippen LogP contribution in [0.5, 0.6) is 0 Å². The molecule has 0 N–H and O–H groups in total. The van der Waals surface area contributed by atoms with Gasteiger partial charge in [0.25, 0.3) is 0 Å². The molecule has 198 valence electrons. The topological polar surface area (TPSA) is 91.2 Å². The van der Waals surface area contributed by atoms with E-state index in [1.54, 1.807) is 4.90 Å². The van der Waals surface area contributed by atoms with Gasteiger partial charge >= 0.3 is 12.2 Å². The minimum Gasteiger partial charge on any atom is -0.378 e. The summed E-state index contributed by atoms with van der Waals surface area (Å²) >= 11 is 0. The Morgan fingerprint density at radius 3 is 2.36 bits per heavy atom. The number of benzene rings is 1. The van der Waals surface area contributed by atoms with Crippen molar-refractivity contribution in [3.05, 3.63) is 41.7 Å². The van der Waals surface area contributed by atoms with E-state index in [9.17, 15) is 26.4 Å². The molecule has 0 saturated carbocycles. The van der Waals surface area contributed by atoms with E-state index in [4.69, 9.17) is 4.74 Å². The van der Waals surface area contributed by atoms with Crippen molar-refractivity contribution in [2.75, 3.05) is 71.5 Å². The van der Waals surface area contributed by atoms with Crippen molar-refractivity contribution in [3.8, 4) is 0 Å². The summed E-state index contributed by atoms with van der Waals surface area (Å²) < 4.78 is 72.0. The third-order valence-electron chi connectivity index (χ3n) is 6.33. The van der Waals surface area contributed by atoms with Crippen LogP contribution in [0, 0.1) is 0 Å². The summed E-state index contributed by atoms with van der Waals surface area (Å²) in [5, 5.41) is 3.92. The van der Waals surface area contributed by atoms with Gasteiger partial charge in [-0.25, -0.2) is 17.5 Å². The molecule has 0 spiro atoms. The fourth-order valence-electron chi connectivity index (χ4n) is 4.21. The molecule has 2 aromatic rings. The molecule has 2 aliphatic heterocycles. The number of amides is 1. The van der Waals surface area contributed by atoms with E-state index in [0.717, 1.165) is 26.8 Å². The smallest absolute Gasteiger partial charge is 0.378 e. The standard InChI is InChI=1S/C22H29F3N6O4S/c1-27(2)36(33,34)19-14-26-31(16-19)21(32)30-7-5-28(6-8-30)15-17-3-4-18(22(23,24)25)13-20(17)29-9-11-35-12-10-29/h3-4,13-14,16H,5-12,15H2,1-2H3. The van der Waals surface area contributed by atoms with Crippen molar-refractivity contribution < 1.29 is 31.1 Å². The highest BCUT2D eigenvalue weighted by atomic mass is 32.2. The number of alkyl halides is 3. The maximum absolute atomic E-state index is 13.4. The van der Waals surface area contributed by atoms with E-state index >= 15 is 0 Å². The molecule has 14 heteroatoms. The van der Waals surface area contributed by atoms with E-state index in [1.807, 2.05) is 4.90 Å². The van der Waals surface area contributed by atoms with Gasteiger partial charge in [-0.3, -0.25) is 4.90 Å². The zero-order valence-corrected chi connectivity index (χ0v) is 20.9. The zero-order chi connectivity index (χ0) is 26.1. The number of sulfonamides is 1. The van der Waals surface area contributed by atoms with Gasteiger partial charge in [0, 0.05) is 65.6 Å². The predicted octanol–water partition coefficient (Wildman–Crippen LogP) is 1.77. The highest BCUT2D eigenvalue weighted by Gasteiger charge is 2.32. The number of piperazine rings is 1. The van der Waals surface area contributed by atoms with Gasteiger partial charge in [-0.2, -0.15) is 23.0 Å². The summed E-state index contributed by atoms with van der Waals surface area (Å²) in [6.07, 6.45) is -2.09. The van der Waals surface area contributed by atoms with Crippen LogP contribution < -0.4 is 4.90 Å². The second kappa shape index (κ2) is 10.4. The number of hydrogen-bond acceptors (Lipinski definition) is 7. The van der Waals surface area contributed by atoms with Crippen LogP contribution in [0.2, 0.25) is 0 Å². The quantitative estimate of drug-likeness (QED) is 0.582. The van der Waals surface area contributed by atoms with Crippen molar-refractivity contribution in [3.63, 3.8) is 0 Å². The molecule has 0 bridgehead atoms. The first-order chi connectivity index (χ1) is 17.0. The zero-order valence-electron chi connectivity index (χ0n) is 20.1. The lowest BCUT2D eigenvalue weighted by molar-refractivity contribution is -0.137. The minimum atomic E-state index is -4.43. The van der Waals surface area contributed by atoms with Gasteiger partial charge in [-0.1, -0.05) is 6.07 Å². The molecule has 2 saturated heterocycles. The van der Waals surface area contributed by atoms with Crippen molar-refractivity contribution in [1.29, 1.82) is 0 Å². The van der Waals surface area contributed by atoms with Gasteiger partial charge < -0.3 is 14.5 Å². The lowest BCUT2D eigenvalue weighted by atomic mass is 10.1. The molecule has 1 aromatic heterocycles. The van der Waals surface area contributed by atoms with Crippen molar-refractivity contribution in [1.82, 2.24) is 23.9 Å². The Balaban J connectivity index is 1.42. The van der Waals surface area contributed by atoms with Crippen LogP contribution in [0.25, 0.3) is 0 Å². The van der Waals surface area contributed by atoms with Crippen molar-refractivity contribution >= 4 is 21.7 Å². The van der Waals surface area contributed by atoms with Crippen LogP contribution in [-0.2, 0) is 27.5 Å². The average molecular weight is 531 g/mol. The van der Waals surface area contributed by atoms with E-state index in [-0.39, 0.29) is 4.90 Å². The van der Waals surface area contributed by atoms with E-state index in [0.29, 0.717) is 64.7 Å². The Bertz CT molecular complexity index is 1190. The summed E-state index contributed by atoms with van der Waals surface area (Å²) in [6, 6.07) is 3.41. The number of rotatable bonds is 5. The molecule has 1 aromatic carbocycles. The second-order valence-electron chi connectivity index (χ2n) is 8.89. The normalized spacial score (nSPS) is 18.2. The number of aromatic nitrogens is 2. The van der Waals surface area contributed by atoms with Crippen LogP contribution in [-0.4, -0.2) is 105 Å². The largest absolute Gasteiger partial charge is 0.416 e. The summed E-state index contributed by atoms with van der Waals surface area (Å²) in [5.41, 5.74) is 0.658. The first-order valence-electron chi connectivity index (χ1n) is 11.5. The Labute approximate surface area is 207 Å². The number of hydrogen-bond donors (Lipinski definition) is 0. The maximum Gasteiger partial charge on any atom is 0.416 e. The monoisotopic (exact) mass is 530 g/mol. The molecular formula is C22H29F3N6O4S. The SMILES string of the molecule is CN(C)S(=O)(=O)c1cnn(C(=O)N2CCN(Cc3ccc(C(F)(F)F)cc3N3CCOCC3)CC2)c1. The highest BCUT2D eigenvalue weighted by molar-refractivity contribution is 7.89. The van der Waals surface area contributed by atoms with Crippen LogP contribution in [0.3, 0.4) is 0 Å². The molecule has 1 amide bonds. The fourth-order valence-corrected chi connectivity index (χ4v) is 5.05. The van der Waals surface area contributed by atoms with Gasteiger partial charge in [0.1, 0.15) is 4.90 Å². The van der Waals surface area contributed by atoms with Crippen LogP contribution in [0.15, 0.2) is 35.5 Å². The first kappa shape index (κ1) is 26.4. The van der Waals surface area contributed by atoms with Gasteiger partial charge in [0.15, 0.2) is 0 Å². The average Bonchev–Trinajstić information content (AvgIpc) is 3.35. The number of carbonyl (C=O) groups is 1. The van der Waals surface area contributed by atoms with Gasteiger partial charge in [-0.15, -0.1) is 0 Å². The predicted molar refractivity (Wildman–Crippen MR) is 125 cm³/mol. The number of anilines is 1. The summed E-state index contributed by atoms with van der Waals surface area (Å²) in [5.74, 6) is 0. The molecule has 3 heterocycles. The lowest BCUT2D eigenvalue weighted by Gasteiger charge is -2.36. The molecule has 0 aliphatic carbocycles. The molecular weight excluding hydrogens is 501 g/mol. The lowest BCUT2D eigenvalue weighted by Crippen LogP contribution is -2.49. The third-order valence-corrected chi connectivity index (χ3v) is 8.10. The van der Waals surface area contributed by atoms with E-state index in [2.05, 4.69) is 10.00 Å². The molecule has 2 fully saturated rings. The summed E-state index contributed by atoms with van der Waals surface area (Å²) in [6.45, 7) is 4.18. The number of ether oxygens (including phenoxy) is 1. The Kier molecular flexibility index (Phi) is 7.59. The Hall–Kier alpha value is -2.68. The molecule has 2 aliphatic rings. The fraction of sp³-hybridized carbons (Fsp3) is 0.545. The molecule has 4 rings (SSSR count). The Morgan fingerprint density at radius 2 is 1.75 bits per heavy atom. The van der Waals surface area contributed by atoms with Crippen molar-refractivity contribution in [2.45, 2.75) is 17.6 Å². The summed E-state index contributed by atoms with van der Waals surface area (Å²) in [4.78, 5) is 18.4. The van der Waals surface area contributed by atoms with Crippen LogP contribution >= 0.6 is 0 Å². The summed E-state index contributed by atoms with van der Waals surface area (Å²) in [7, 11) is -0.905. The highest BCUT2D eigenvalue weighted by Crippen LogP contribution is 2.34. The number of halogens is 3. The first-order valence-corrected chi connectivity index (χ1v) is 12.9. The Morgan fingerprint density at radius 1 is 1.08 bits per heavy atom. The molecule has 36 heavy (non-hydrogen) atoms. The van der Waals surface area contributed by atoms with Crippen molar-refractivity contribution in [2.24, 2.45) is 0 Å². The second-order valence-corrected chi connectivity index (χ2v) is 11.0. The van der Waals surface area contributed by atoms with E-state index in [1.165, 1.54) is 32.4 Å². The number of morpholine rings is 1. The number of nitrogens with zero attached hydrogens (tertiary/aromatic N) is 6. The maximum atomic E-state index is 13.4. The van der Waals surface area contributed by atoms with E-state index < -0.39 is 27.8 Å². The molecule has 0 radical (unpaired) electrons. The third kappa shape index (κ3) is 5.66. The molecule has 0 atom stereocenters. The van der Waals surface area contributed by atoms with Gasteiger partial charge in [0.05, 0.1) is 31.2 Å².